The standard InChI is InChI=1S/C14H20N4O/c1-9-5-6-18(8-13(9)19-2)14-16-11-4-3-10(15)7-12(11)17-14/h3-4,7,9,13H,5-6,8,15H2,1-2H3,(H,16,17). The van der Waals surface area contributed by atoms with Crippen LogP contribution in [0.25, 0.3) is 11.0 Å². The van der Waals surface area contributed by atoms with Gasteiger partial charge >= 0.3 is 0 Å². The minimum absolute atomic E-state index is 0.270. The first kappa shape index (κ1) is 12.3. The number of imidazole rings is 1. The van der Waals surface area contributed by atoms with Crippen molar-refractivity contribution in [3.8, 4) is 0 Å². The lowest BCUT2D eigenvalue weighted by molar-refractivity contribution is 0.0495. The summed E-state index contributed by atoms with van der Waals surface area (Å²) in [5, 5.41) is 0. The summed E-state index contributed by atoms with van der Waals surface area (Å²) in [6, 6.07) is 5.75. The third kappa shape index (κ3) is 2.26. The van der Waals surface area contributed by atoms with Crippen molar-refractivity contribution in [3.63, 3.8) is 0 Å². The van der Waals surface area contributed by atoms with Crippen molar-refractivity contribution in [1.29, 1.82) is 0 Å². The van der Waals surface area contributed by atoms with E-state index in [9.17, 15) is 0 Å². The maximum atomic E-state index is 5.79. The molecule has 0 radical (unpaired) electrons. The molecule has 19 heavy (non-hydrogen) atoms. The van der Waals surface area contributed by atoms with Gasteiger partial charge in [0.1, 0.15) is 0 Å². The molecular weight excluding hydrogens is 240 g/mol. The van der Waals surface area contributed by atoms with E-state index in [2.05, 4.69) is 21.8 Å². The van der Waals surface area contributed by atoms with Crippen LogP contribution >= 0.6 is 0 Å². The van der Waals surface area contributed by atoms with Gasteiger partial charge in [0.2, 0.25) is 5.95 Å². The molecule has 5 heteroatoms. The number of nitrogen functional groups attached to an aromatic ring is 1. The van der Waals surface area contributed by atoms with Crippen LogP contribution in [-0.2, 0) is 4.74 Å². The number of hydrogen-bond donors (Lipinski definition) is 2. The SMILES string of the molecule is COC1CN(c2nc3ccc(N)cc3[nH]2)CCC1C. The summed E-state index contributed by atoms with van der Waals surface area (Å²) >= 11 is 0. The topological polar surface area (TPSA) is 67.2 Å². The van der Waals surface area contributed by atoms with Gasteiger partial charge in [-0.15, -0.1) is 0 Å². The molecule has 3 N–H and O–H groups in total. The predicted molar refractivity (Wildman–Crippen MR) is 77.3 cm³/mol. The maximum absolute atomic E-state index is 5.79. The Morgan fingerprint density at radius 3 is 3.11 bits per heavy atom. The zero-order chi connectivity index (χ0) is 13.4. The number of nitrogens with two attached hydrogens (primary N) is 1. The summed E-state index contributed by atoms with van der Waals surface area (Å²) in [7, 11) is 1.78. The Labute approximate surface area is 112 Å². The Morgan fingerprint density at radius 2 is 2.32 bits per heavy atom. The lowest BCUT2D eigenvalue weighted by atomic mass is 9.96. The van der Waals surface area contributed by atoms with Gasteiger partial charge in [-0.3, -0.25) is 0 Å². The molecule has 0 aliphatic carbocycles. The van der Waals surface area contributed by atoms with Gasteiger partial charge in [-0.2, -0.15) is 0 Å². The van der Waals surface area contributed by atoms with Crippen LogP contribution in [0.2, 0.25) is 0 Å². The molecule has 1 fully saturated rings. The first-order valence-electron chi connectivity index (χ1n) is 6.70. The number of piperidine rings is 1. The fraction of sp³-hybridized carbons (Fsp3) is 0.500. The van der Waals surface area contributed by atoms with E-state index in [0.717, 1.165) is 42.2 Å². The lowest BCUT2D eigenvalue weighted by Gasteiger charge is -2.35. The summed E-state index contributed by atoms with van der Waals surface area (Å²) in [4.78, 5) is 10.2. The lowest BCUT2D eigenvalue weighted by Crippen LogP contribution is -2.44. The molecule has 1 aliphatic rings. The van der Waals surface area contributed by atoms with Crippen LogP contribution in [0.15, 0.2) is 18.2 Å². The smallest absolute Gasteiger partial charge is 0.203 e. The Morgan fingerprint density at radius 1 is 1.47 bits per heavy atom. The van der Waals surface area contributed by atoms with E-state index < -0.39 is 0 Å². The molecule has 102 valence electrons. The number of hydrogen-bond acceptors (Lipinski definition) is 4. The molecule has 2 aromatic rings. The molecule has 0 amide bonds. The van der Waals surface area contributed by atoms with E-state index in [0.29, 0.717) is 5.92 Å². The van der Waals surface area contributed by atoms with Gasteiger partial charge in [0.05, 0.1) is 17.1 Å². The highest BCUT2D eigenvalue weighted by Crippen LogP contribution is 2.25. The van der Waals surface area contributed by atoms with Crippen molar-refractivity contribution < 1.29 is 4.74 Å². The number of rotatable bonds is 2. The molecule has 1 aromatic carbocycles. The average molecular weight is 260 g/mol. The monoisotopic (exact) mass is 260 g/mol. The number of methoxy groups -OCH3 is 1. The van der Waals surface area contributed by atoms with E-state index >= 15 is 0 Å². The molecular formula is C14H20N4O. The van der Waals surface area contributed by atoms with Gasteiger partial charge in [0.25, 0.3) is 0 Å². The third-order valence-corrected chi connectivity index (χ3v) is 3.99. The number of anilines is 2. The molecule has 3 rings (SSSR count). The number of benzene rings is 1. The van der Waals surface area contributed by atoms with Crippen LogP contribution in [0.3, 0.4) is 0 Å². The van der Waals surface area contributed by atoms with Crippen molar-refractivity contribution in [1.82, 2.24) is 9.97 Å². The zero-order valence-corrected chi connectivity index (χ0v) is 11.4. The van der Waals surface area contributed by atoms with Crippen LogP contribution in [-0.4, -0.2) is 36.3 Å². The van der Waals surface area contributed by atoms with E-state index in [1.807, 2.05) is 18.2 Å². The first-order valence-corrected chi connectivity index (χ1v) is 6.70. The summed E-state index contributed by atoms with van der Waals surface area (Å²) in [6.45, 7) is 4.13. The van der Waals surface area contributed by atoms with Crippen LogP contribution in [0, 0.1) is 5.92 Å². The minimum atomic E-state index is 0.270. The van der Waals surface area contributed by atoms with Gasteiger partial charge in [0, 0.05) is 25.9 Å². The number of H-pyrrole nitrogens is 1. The van der Waals surface area contributed by atoms with Crippen LogP contribution in [0.4, 0.5) is 11.6 Å². The van der Waals surface area contributed by atoms with Crippen molar-refractivity contribution in [3.05, 3.63) is 18.2 Å². The first-order chi connectivity index (χ1) is 9.17. The molecule has 2 unspecified atom stereocenters. The largest absolute Gasteiger partial charge is 0.399 e. The molecule has 0 bridgehead atoms. The Hall–Kier alpha value is -1.75. The van der Waals surface area contributed by atoms with E-state index in [1.165, 1.54) is 0 Å². The highest BCUT2D eigenvalue weighted by atomic mass is 16.5. The highest BCUT2D eigenvalue weighted by Gasteiger charge is 2.27. The van der Waals surface area contributed by atoms with Gasteiger partial charge in [-0.05, 0) is 30.5 Å². The summed E-state index contributed by atoms with van der Waals surface area (Å²) in [5.41, 5.74) is 8.49. The molecule has 0 saturated carbocycles. The second-order valence-corrected chi connectivity index (χ2v) is 5.32. The molecule has 1 saturated heterocycles. The van der Waals surface area contributed by atoms with Crippen LogP contribution < -0.4 is 10.6 Å². The zero-order valence-electron chi connectivity index (χ0n) is 11.4. The number of nitrogens with one attached hydrogen (secondary N) is 1. The number of nitrogens with zero attached hydrogens (tertiary/aromatic N) is 2. The number of ether oxygens (including phenoxy) is 1. The second-order valence-electron chi connectivity index (χ2n) is 5.32. The van der Waals surface area contributed by atoms with Crippen LogP contribution in [0.1, 0.15) is 13.3 Å². The molecule has 1 aromatic heterocycles. The van der Waals surface area contributed by atoms with E-state index in [1.54, 1.807) is 7.11 Å². The van der Waals surface area contributed by atoms with Gasteiger partial charge in [-0.1, -0.05) is 6.92 Å². The molecule has 0 spiro atoms. The Bertz CT molecular complexity index is 580. The number of fused-ring (bicyclic) bond motifs is 1. The average Bonchev–Trinajstić information content (AvgIpc) is 2.82. The summed E-state index contributed by atoms with van der Waals surface area (Å²) in [6.07, 6.45) is 1.39. The quantitative estimate of drug-likeness (QED) is 0.811. The summed E-state index contributed by atoms with van der Waals surface area (Å²) < 4.78 is 5.54. The van der Waals surface area contributed by atoms with Crippen molar-refractivity contribution >= 4 is 22.7 Å². The maximum Gasteiger partial charge on any atom is 0.203 e. The Kier molecular flexibility index (Phi) is 3.06. The summed E-state index contributed by atoms with van der Waals surface area (Å²) in [5.74, 6) is 1.51. The van der Waals surface area contributed by atoms with Crippen LogP contribution in [0.5, 0.6) is 0 Å². The Balaban J connectivity index is 1.87. The van der Waals surface area contributed by atoms with Crippen molar-refractivity contribution in [2.24, 2.45) is 5.92 Å². The number of aromatic amines is 1. The van der Waals surface area contributed by atoms with Crippen molar-refractivity contribution in [2.75, 3.05) is 30.8 Å². The number of aromatic nitrogens is 2. The van der Waals surface area contributed by atoms with Gasteiger partial charge < -0.3 is 20.4 Å². The highest BCUT2D eigenvalue weighted by molar-refractivity contribution is 5.80. The fourth-order valence-corrected chi connectivity index (χ4v) is 2.70. The molecule has 2 atom stereocenters. The normalized spacial score (nSPS) is 24.0. The predicted octanol–water partition coefficient (Wildman–Crippen LogP) is 2.01. The second kappa shape index (κ2) is 4.74. The minimum Gasteiger partial charge on any atom is -0.399 e. The van der Waals surface area contributed by atoms with Crippen molar-refractivity contribution in [2.45, 2.75) is 19.4 Å². The van der Waals surface area contributed by atoms with Gasteiger partial charge in [-0.25, -0.2) is 4.98 Å². The molecule has 5 nitrogen and oxygen atoms in total. The fourth-order valence-electron chi connectivity index (χ4n) is 2.70. The molecule has 2 heterocycles. The third-order valence-electron chi connectivity index (χ3n) is 3.99. The molecule has 1 aliphatic heterocycles. The van der Waals surface area contributed by atoms with E-state index in [4.69, 9.17) is 10.5 Å². The van der Waals surface area contributed by atoms with E-state index in [-0.39, 0.29) is 6.10 Å². The van der Waals surface area contributed by atoms with Gasteiger partial charge in [0.15, 0.2) is 0 Å².